The van der Waals surface area contributed by atoms with E-state index < -0.39 is 27.3 Å². The second-order valence-corrected chi connectivity index (χ2v) is 9.61. The summed E-state index contributed by atoms with van der Waals surface area (Å²) in [6.07, 6.45) is 7.18. The van der Waals surface area contributed by atoms with Gasteiger partial charge in [0.05, 0.1) is 21.7 Å². The fourth-order valence-electron chi connectivity index (χ4n) is 3.24. The largest absolute Gasteiger partial charge is 0.460 e. The number of carbonyl (C=O) groups is 1. The van der Waals surface area contributed by atoms with E-state index in [0.717, 1.165) is 24.2 Å². The highest BCUT2D eigenvalue weighted by Crippen LogP contribution is 2.37. The van der Waals surface area contributed by atoms with Gasteiger partial charge in [-0.25, -0.2) is 0 Å². The average Bonchev–Trinajstić information content (AvgIpc) is 2.95. The van der Waals surface area contributed by atoms with Crippen molar-refractivity contribution in [3.8, 4) is 0 Å². The lowest BCUT2D eigenvalue weighted by atomic mass is 9.97. The van der Waals surface area contributed by atoms with Crippen LogP contribution in [-0.2, 0) is 20.3 Å². The molecule has 0 saturated carbocycles. The van der Waals surface area contributed by atoms with Gasteiger partial charge in [-0.1, -0.05) is 43.2 Å². The van der Waals surface area contributed by atoms with Crippen molar-refractivity contribution in [2.75, 3.05) is 0 Å². The molecular weight excluding hydrogens is 348 g/mol. The first-order valence-corrected chi connectivity index (χ1v) is 10.4. The van der Waals surface area contributed by atoms with Crippen molar-refractivity contribution in [1.82, 2.24) is 0 Å². The number of esters is 1. The molecule has 2 rings (SSSR count). The van der Waals surface area contributed by atoms with Crippen molar-refractivity contribution in [1.29, 1.82) is 0 Å². The van der Waals surface area contributed by atoms with Gasteiger partial charge in [-0.15, -0.1) is 0 Å². The number of benzene rings is 1. The van der Waals surface area contributed by atoms with Crippen LogP contribution >= 0.6 is 0 Å². The summed E-state index contributed by atoms with van der Waals surface area (Å²) in [5.41, 5.74) is -0.452. The molecule has 0 bridgehead atoms. The Labute approximate surface area is 159 Å². The Morgan fingerprint density at radius 1 is 1.23 bits per heavy atom. The molecule has 1 N–H and O–H groups in total. The van der Waals surface area contributed by atoms with E-state index in [9.17, 15) is 14.1 Å². The standard InChI is InChI=1S/C21H30O4S/c1-20(2,3)25-19(23)14-8-5-9-15-21(16-10-13-18(21)22)26(24)17-11-6-4-7-12-17/h4,6-7,10-12,16,18,22H,5,8-9,13-15H2,1-3H3/t18-,21+,26?/m0/s1. The van der Waals surface area contributed by atoms with Crippen LogP contribution in [0, 0.1) is 0 Å². The Balaban J connectivity index is 1.89. The minimum absolute atomic E-state index is 0.180. The predicted octanol–water partition coefficient (Wildman–Crippen LogP) is 4.15. The second kappa shape index (κ2) is 8.96. The van der Waals surface area contributed by atoms with Crippen molar-refractivity contribution >= 4 is 16.8 Å². The van der Waals surface area contributed by atoms with Crippen molar-refractivity contribution < 1.29 is 18.8 Å². The molecule has 0 fully saturated rings. The average molecular weight is 379 g/mol. The van der Waals surface area contributed by atoms with Crippen LogP contribution in [0.5, 0.6) is 0 Å². The monoisotopic (exact) mass is 378 g/mol. The predicted molar refractivity (Wildman–Crippen MR) is 104 cm³/mol. The number of hydrogen-bond acceptors (Lipinski definition) is 4. The Hall–Kier alpha value is -1.46. The summed E-state index contributed by atoms with van der Waals surface area (Å²) >= 11 is 0. The zero-order valence-electron chi connectivity index (χ0n) is 15.9. The van der Waals surface area contributed by atoms with Crippen LogP contribution in [0.1, 0.15) is 59.3 Å². The maximum atomic E-state index is 13.1. The minimum Gasteiger partial charge on any atom is -0.460 e. The van der Waals surface area contributed by atoms with Gasteiger partial charge >= 0.3 is 5.97 Å². The molecule has 144 valence electrons. The summed E-state index contributed by atoms with van der Waals surface area (Å²) in [5.74, 6) is -0.180. The molecule has 1 aliphatic rings. The first-order chi connectivity index (χ1) is 12.2. The zero-order valence-corrected chi connectivity index (χ0v) is 16.8. The fourth-order valence-corrected chi connectivity index (χ4v) is 4.97. The molecule has 0 spiro atoms. The van der Waals surface area contributed by atoms with Gasteiger partial charge in [0.25, 0.3) is 0 Å². The molecule has 3 atom stereocenters. The molecular formula is C21H30O4S. The third kappa shape index (κ3) is 5.52. The van der Waals surface area contributed by atoms with Gasteiger partial charge in [0.15, 0.2) is 0 Å². The van der Waals surface area contributed by atoms with E-state index in [1.165, 1.54) is 0 Å². The Morgan fingerprint density at radius 3 is 2.50 bits per heavy atom. The van der Waals surface area contributed by atoms with Gasteiger partial charge in [-0.05, 0) is 52.2 Å². The van der Waals surface area contributed by atoms with E-state index in [2.05, 4.69) is 0 Å². The van der Waals surface area contributed by atoms with E-state index >= 15 is 0 Å². The lowest BCUT2D eigenvalue weighted by Crippen LogP contribution is -2.41. The molecule has 1 aliphatic carbocycles. The molecule has 1 aromatic rings. The van der Waals surface area contributed by atoms with E-state index in [4.69, 9.17) is 4.74 Å². The maximum Gasteiger partial charge on any atom is 0.306 e. The summed E-state index contributed by atoms with van der Waals surface area (Å²) in [4.78, 5) is 12.5. The summed E-state index contributed by atoms with van der Waals surface area (Å²) in [6, 6.07) is 9.32. The number of carbonyl (C=O) groups excluding carboxylic acids is 1. The van der Waals surface area contributed by atoms with Gasteiger partial charge < -0.3 is 9.84 Å². The third-order valence-electron chi connectivity index (χ3n) is 4.49. The summed E-state index contributed by atoms with van der Waals surface area (Å²) in [6.45, 7) is 5.59. The number of ether oxygens (including phenoxy) is 1. The van der Waals surface area contributed by atoms with Crippen molar-refractivity contribution in [3.63, 3.8) is 0 Å². The van der Waals surface area contributed by atoms with Gasteiger partial charge in [0, 0.05) is 11.3 Å². The molecule has 1 aromatic carbocycles. The van der Waals surface area contributed by atoms with Crippen LogP contribution in [0.25, 0.3) is 0 Å². The SMILES string of the molecule is CC(C)(C)OC(=O)CCCCC[C@@]1(S(=O)c2ccccc2)C=CC[C@@H]1O. The first-order valence-electron chi connectivity index (χ1n) is 9.29. The molecule has 26 heavy (non-hydrogen) atoms. The maximum absolute atomic E-state index is 13.1. The molecule has 0 aliphatic heterocycles. The number of unbranched alkanes of at least 4 members (excludes halogenated alkanes) is 2. The van der Waals surface area contributed by atoms with Crippen molar-refractivity contribution in [2.24, 2.45) is 0 Å². The number of aliphatic hydroxyl groups is 1. The minimum atomic E-state index is -1.30. The highest BCUT2D eigenvalue weighted by atomic mass is 32.2. The van der Waals surface area contributed by atoms with Gasteiger partial charge in [-0.2, -0.15) is 0 Å². The van der Waals surface area contributed by atoms with Crippen LogP contribution in [0.2, 0.25) is 0 Å². The van der Waals surface area contributed by atoms with Gasteiger partial charge in [0.2, 0.25) is 0 Å². The smallest absolute Gasteiger partial charge is 0.306 e. The Bertz CT molecular complexity index is 648. The van der Waals surface area contributed by atoms with Crippen LogP contribution in [0.15, 0.2) is 47.4 Å². The molecule has 1 unspecified atom stereocenters. The van der Waals surface area contributed by atoms with E-state index in [0.29, 0.717) is 19.3 Å². The summed E-state index contributed by atoms with van der Waals surface area (Å²) in [7, 11) is -1.30. The summed E-state index contributed by atoms with van der Waals surface area (Å²) in [5, 5.41) is 10.5. The highest BCUT2D eigenvalue weighted by Gasteiger charge is 2.44. The Kier molecular flexibility index (Phi) is 7.18. The molecule has 0 radical (unpaired) electrons. The van der Waals surface area contributed by atoms with Crippen LogP contribution in [0.3, 0.4) is 0 Å². The quantitative estimate of drug-likeness (QED) is 0.419. The molecule has 4 nitrogen and oxygen atoms in total. The van der Waals surface area contributed by atoms with Gasteiger partial charge in [-0.3, -0.25) is 9.00 Å². The Morgan fingerprint density at radius 2 is 1.92 bits per heavy atom. The lowest BCUT2D eigenvalue weighted by Gasteiger charge is -2.31. The molecule has 0 heterocycles. The van der Waals surface area contributed by atoms with E-state index in [1.807, 2.05) is 63.3 Å². The molecule has 0 saturated heterocycles. The topological polar surface area (TPSA) is 63.6 Å². The van der Waals surface area contributed by atoms with Crippen LogP contribution in [0.4, 0.5) is 0 Å². The molecule has 0 amide bonds. The first kappa shape index (κ1) is 20.8. The highest BCUT2D eigenvalue weighted by molar-refractivity contribution is 7.86. The lowest BCUT2D eigenvalue weighted by molar-refractivity contribution is -0.154. The van der Waals surface area contributed by atoms with Crippen LogP contribution < -0.4 is 0 Å². The van der Waals surface area contributed by atoms with Gasteiger partial charge in [0.1, 0.15) is 5.60 Å². The number of hydrogen-bond donors (Lipinski definition) is 1. The van der Waals surface area contributed by atoms with Crippen LogP contribution in [-0.4, -0.2) is 31.7 Å². The molecule has 0 aromatic heterocycles. The zero-order chi connectivity index (χ0) is 19.2. The second-order valence-electron chi connectivity index (χ2n) is 7.84. The fraction of sp³-hybridized carbons (Fsp3) is 0.571. The van der Waals surface area contributed by atoms with Crippen molar-refractivity contribution in [2.45, 2.75) is 80.6 Å². The number of aliphatic hydroxyl groups excluding tert-OH is 1. The third-order valence-corrected chi connectivity index (χ3v) is 6.50. The normalized spacial score (nSPS) is 23.8. The van der Waals surface area contributed by atoms with Crippen molar-refractivity contribution in [3.05, 3.63) is 42.5 Å². The number of rotatable bonds is 8. The molecule has 5 heteroatoms. The summed E-state index contributed by atoms with van der Waals surface area (Å²) < 4.78 is 17.7. The van der Waals surface area contributed by atoms with E-state index in [-0.39, 0.29) is 5.97 Å². The van der Waals surface area contributed by atoms with E-state index in [1.54, 1.807) is 0 Å².